The summed E-state index contributed by atoms with van der Waals surface area (Å²) in [5, 5.41) is 3.43. The van der Waals surface area contributed by atoms with E-state index in [0.717, 1.165) is 12.8 Å². The van der Waals surface area contributed by atoms with Crippen LogP contribution in [0.25, 0.3) is 0 Å². The second-order valence-electron chi connectivity index (χ2n) is 5.80. The minimum atomic E-state index is -0.591. The Morgan fingerprint density at radius 1 is 1.56 bits per heavy atom. The van der Waals surface area contributed by atoms with Crippen LogP contribution in [0.15, 0.2) is 0 Å². The predicted molar refractivity (Wildman–Crippen MR) is 73.6 cm³/mol. The minimum Gasteiger partial charge on any atom is -0.468 e. The number of esters is 1. The van der Waals surface area contributed by atoms with Gasteiger partial charge in [-0.05, 0) is 40.2 Å². The number of methoxy groups -OCH3 is 1. The molecule has 4 nitrogen and oxygen atoms in total. The topological polar surface area (TPSA) is 41.6 Å². The molecule has 0 aromatic carbocycles. The highest BCUT2D eigenvalue weighted by Crippen LogP contribution is 2.24. The van der Waals surface area contributed by atoms with Crippen LogP contribution in [0, 0.1) is 0 Å². The van der Waals surface area contributed by atoms with E-state index in [1.165, 1.54) is 20.0 Å². The van der Waals surface area contributed by atoms with Gasteiger partial charge in [-0.25, -0.2) is 0 Å². The minimum absolute atomic E-state index is 0.162. The highest BCUT2D eigenvalue weighted by Gasteiger charge is 2.40. The van der Waals surface area contributed by atoms with Gasteiger partial charge >= 0.3 is 5.97 Å². The fraction of sp³-hybridized carbons (Fsp3) is 0.929. The van der Waals surface area contributed by atoms with Gasteiger partial charge in [-0.3, -0.25) is 10.1 Å². The van der Waals surface area contributed by atoms with Gasteiger partial charge in [-0.2, -0.15) is 0 Å². The zero-order chi connectivity index (χ0) is 13.8. The Hall–Kier alpha value is -0.610. The van der Waals surface area contributed by atoms with E-state index in [9.17, 15) is 4.79 Å². The summed E-state index contributed by atoms with van der Waals surface area (Å²) < 4.78 is 4.96. The summed E-state index contributed by atoms with van der Waals surface area (Å²) in [6, 6.07) is 0.976. The maximum absolute atomic E-state index is 12.0. The van der Waals surface area contributed by atoms with E-state index in [1.54, 1.807) is 0 Å². The van der Waals surface area contributed by atoms with Crippen LogP contribution in [0.5, 0.6) is 0 Å². The molecule has 0 aromatic rings. The van der Waals surface area contributed by atoms with Gasteiger partial charge in [-0.1, -0.05) is 13.3 Å². The standard InChI is InChI=1S/C14H28N2O2/c1-6-7-11(2)16(4)10-14(3,13(17)18-5)15-12-8-9-12/h11-12,15H,6-10H2,1-5H3. The third kappa shape index (κ3) is 4.25. The number of hydrogen-bond donors (Lipinski definition) is 1. The van der Waals surface area contributed by atoms with E-state index in [1.807, 2.05) is 6.92 Å². The van der Waals surface area contributed by atoms with Crippen molar-refractivity contribution in [3.63, 3.8) is 0 Å². The van der Waals surface area contributed by atoms with Gasteiger partial charge in [-0.15, -0.1) is 0 Å². The first-order valence-corrected chi connectivity index (χ1v) is 6.99. The highest BCUT2D eigenvalue weighted by molar-refractivity contribution is 5.80. The number of carbonyl (C=O) groups excluding carboxylic acids is 1. The molecular formula is C14H28N2O2. The molecule has 0 aromatic heterocycles. The van der Waals surface area contributed by atoms with Crippen molar-refractivity contribution >= 4 is 5.97 Å². The zero-order valence-corrected chi connectivity index (χ0v) is 12.5. The molecule has 2 unspecified atom stereocenters. The Morgan fingerprint density at radius 3 is 2.61 bits per heavy atom. The molecule has 0 spiro atoms. The molecule has 1 aliphatic rings. The van der Waals surface area contributed by atoms with E-state index in [2.05, 4.69) is 31.1 Å². The Morgan fingerprint density at radius 2 is 2.17 bits per heavy atom. The van der Waals surface area contributed by atoms with E-state index < -0.39 is 5.54 Å². The average molecular weight is 256 g/mol. The molecule has 0 amide bonds. The van der Waals surface area contributed by atoms with E-state index in [-0.39, 0.29) is 5.97 Å². The summed E-state index contributed by atoms with van der Waals surface area (Å²) in [5.74, 6) is -0.162. The molecular weight excluding hydrogens is 228 g/mol. The van der Waals surface area contributed by atoms with Crippen molar-refractivity contribution in [3.8, 4) is 0 Å². The summed E-state index contributed by atoms with van der Waals surface area (Å²) >= 11 is 0. The quantitative estimate of drug-likeness (QED) is 0.672. The number of ether oxygens (including phenoxy) is 1. The van der Waals surface area contributed by atoms with Crippen LogP contribution in [0.1, 0.15) is 46.5 Å². The van der Waals surface area contributed by atoms with Crippen LogP contribution < -0.4 is 5.32 Å². The lowest BCUT2D eigenvalue weighted by atomic mass is 10.00. The molecule has 18 heavy (non-hydrogen) atoms. The molecule has 1 fully saturated rings. The van der Waals surface area contributed by atoms with Gasteiger partial charge in [0.1, 0.15) is 5.54 Å². The number of likely N-dealkylation sites (N-methyl/N-ethyl adjacent to an activating group) is 1. The molecule has 4 heteroatoms. The van der Waals surface area contributed by atoms with Crippen molar-refractivity contribution < 1.29 is 9.53 Å². The van der Waals surface area contributed by atoms with Crippen molar-refractivity contribution in [1.82, 2.24) is 10.2 Å². The van der Waals surface area contributed by atoms with Gasteiger partial charge in [0.2, 0.25) is 0 Å². The summed E-state index contributed by atoms with van der Waals surface area (Å²) in [7, 11) is 3.54. The second-order valence-corrected chi connectivity index (χ2v) is 5.80. The van der Waals surface area contributed by atoms with Crippen LogP contribution in [-0.4, -0.2) is 49.2 Å². The van der Waals surface area contributed by atoms with Crippen molar-refractivity contribution in [2.24, 2.45) is 0 Å². The van der Waals surface area contributed by atoms with Gasteiger partial charge < -0.3 is 9.64 Å². The first kappa shape index (κ1) is 15.4. The van der Waals surface area contributed by atoms with Gasteiger partial charge in [0.05, 0.1) is 7.11 Å². The summed E-state index contributed by atoms with van der Waals surface area (Å²) in [4.78, 5) is 14.2. The van der Waals surface area contributed by atoms with Gasteiger partial charge in [0.25, 0.3) is 0 Å². The lowest BCUT2D eigenvalue weighted by Gasteiger charge is -2.35. The molecule has 1 N–H and O–H groups in total. The Balaban J connectivity index is 2.61. The van der Waals surface area contributed by atoms with Gasteiger partial charge in [0.15, 0.2) is 0 Å². The number of hydrogen-bond acceptors (Lipinski definition) is 4. The second kappa shape index (κ2) is 6.53. The summed E-state index contributed by atoms with van der Waals surface area (Å²) in [5.41, 5.74) is -0.591. The number of rotatable bonds is 8. The van der Waals surface area contributed by atoms with Crippen molar-refractivity contribution in [2.75, 3.05) is 20.7 Å². The molecule has 1 aliphatic carbocycles. The Kier molecular flexibility index (Phi) is 5.60. The molecule has 2 atom stereocenters. The molecule has 106 valence electrons. The maximum atomic E-state index is 12.0. The third-order valence-corrected chi connectivity index (χ3v) is 3.76. The maximum Gasteiger partial charge on any atom is 0.327 e. The number of nitrogens with zero attached hydrogens (tertiary/aromatic N) is 1. The van der Waals surface area contributed by atoms with Crippen LogP contribution in [0.2, 0.25) is 0 Å². The first-order chi connectivity index (χ1) is 8.42. The fourth-order valence-corrected chi connectivity index (χ4v) is 2.37. The number of carbonyl (C=O) groups is 1. The summed E-state index contributed by atoms with van der Waals surface area (Å²) in [6.45, 7) is 7.04. The zero-order valence-electron chi connectivity index (χ0n) is 12.5. The van der Waals surface area contributed by atoms with Crippen LogP contribution in [-0.2, 0) is 9.53 Å². The molecule has 1 saturated carbocycles. The average Bonchev–Trinajstić information content (AvgIpc) is 3.11. The number of nitrogens with one attached hydrogen (secondary N) is 1. The molecule has 0 saturated heterocycles. The Labute approximate surface area is 111 Å². The van der Waals surface area contributed by atoms with E-state index in [4.69, 9.17) is 4.74 Å². The van der Waals surface area contributed by atoms with E-state index in [0.29, 0.717) is 18.6 Å². The molecule has 0 radical (unpaired) electrons. The summed E-state index contributed by atoms with van der Waals surface area (Å²) in [6.07, 6.45) is 4.65. The molecule has 0 heterocycles. The molecule has 0 aliphatic heterocycles. The fourth-order valence-electron chi connectivity index (χ4n) is 2.37. The first-order valence-electron chi connectivity index (χ1n) is 6.99. The van der Waals surface area contributed by atoms with Crippen LogP contribution >= 0.6 is 0 Å². The Bertz CT molecular complexity index is 279. The van der Waals surface area contributed by atoms with Crippen molar-refractivity contribution in [1.29, 1.82) is 0 Å². The lowest BCUT2D eigenvalue weighted by Crippen LogP contribution is -2.58. The third-order valence-electron chi connectivity index (χ3n) is 3.76. The van der Waals surface area contributed by atoms with Gasteiger partial charge in [0, 0.05) is 18.6 Å². The van der Waals surface area contributed by atoms with Crippen LogP contribution in [0.3, 0.4) is 0 Å². The lowest BCUT2D eigenvalue weighted by molar-refractivity contribution is -0.149. The molecule has 1 rings (SSSR count). The monoisotopic (exact) mass is 256 g/mol. The normalized spacial score (nSPS) is 20.6. The largest absolute Gasteiger partial charge is 0.468 e. The highest BCUT2D eigenvalue weighted by atomic mass is 16.5. The van der Waals surface area contributed by atoms with Crippen LogP contribution in [0.4, 0.5) is 0 Å². The van der Waals surface area contributed by atoms with Crippen molar-refractivity contribution in [3.05, 3.63) is 0 Å². The smallest absolute Gasteiger partial charge is 0.327 e. The predicted octanol–water partition coefficient (Wildman–Crippen LogP) is 1.79. The molecule has 0 bridgehead atoms. The SMILES string of the molecule is CCCC(C)N(C)CC(C)(NC1CC1)C(=O)OC. The van der Waals surface area contributed by atoms with E-state index >= 15 is 0 Å². The van der Waals surface area contributed by atoms with Crippen molar-refractivity contribution in [2.45, 2.75) is 64.1 Å².